The fourth-order valence-corrected chi connectivity index (χ4v) is 2.77. The van der Waals surface area contributed by atoms with Gasteiger partial charge in [-0.15, -0.1) is 0 Å². The van der Waals surface area contributed by atoms with Crippen molar-refractivity contribution in [3.8, 4) is 0 Å². The van der Waals surface area contributed by atoms with Crippen LogP contribution in [0.2, 0.25) is 0 Å². The molecule has 1 aliphatic rings. The molecule has 0 saturated carbocycles. The average molecular weight is 215 g/mol. The first-order chi connectivity index (χ1) is 7.74. The van der Waals surface area contributed by atoms with Crippen LogP contribution in [0.3, 0.4) is 0 Å². The molecule has 3 unspecified atom stereocenters. The number of nitrogens with one attached hydrogen (secondary N) is 1. The summed E-state index contributed by atoms with van der Waals surface area (Å²) in [5, 5.41) is 4.76. The monoisotopic (exact) mass is 215 g/mol. The molecule has 1 aliphatic heterocycles. The second-order valence-electron chi connectivity index (χ2n) is 4.89. The maximum absolute atomic E-state index is 5.93. The van der Waals surface area contributed by atoms with E-state index in [0.717, 1.165) is 11.3 Å². The molecule has 2 nitrogen and oxygen atoms in total. The van der Waals surface area contributed by atoms with Crippen molar-refractivity contribution in [2.45, 2.75) is 38.3 Å². The van der Waals surface area contributed by atoms with E-state index in [-0.39, 0.29) is 0 Å². The smallest absolute Gasteiger partial charge is 0.134 e. The summed E-state index contributed by atoms with van der Waals surface area (Å²) in [7, 11) is 0. The van der Waals surface area contributed by atoms with Crippen molar-refractivity contribution >= 4 is 11.0 Å². The number of fused-ring (bicyclic) bond motifs is 1. The third kappa shape index (κ3) is 1.54. The van der Waals surface area contributed by atoms with Crippen LogP contribution in [0, 0.1) is 0 Å². The van der Waals surface area contributed by atoms with E-state index in [9.17, 15) is 0 Å². The van der Waals surface area contributed by atoms with E-state index in [0.29, 0.717) is 18.0 Å². The molecule has 2 heteroatoms. The second-order valence-corrected chi connectivity index (χ2v) is 4.89. The van der Waals surface area contributed by atoms with Gasteiger partial charge in [0.1, 0.15) is 11.3 Å². The van der Waals surface area contributed by atoms with Crippen molar-refractivity contribution in [2.75, 3.05) is 0 Å². The van der Waals surface area contributed by atoms with E-state index in [1.54, 1.807) is 0 Å². The third-order valence-corrected chi connectivity index (χ3v) is 3.57. The number of furan rings is 1. The van der Waals surface area contributed by atoms with Crippen LogP contribution >= 0.6 is 0 Å². The Hall–Kier alpha value is -1.28. The van der Waals surface area contributed by atoms with E-state index < -0.39 is 0 Å². The minimum Gasteiger partial charge on any atom is -0.461 e. The predicted octanol–water partition coefficient (Wildman–Crippen LogP) is 3.29. The van der Waals surface area contributed by atoms with Gasteiger partial charge in [-0.05, 0) is 32.4 Å². The summed E-state index contributed by atoms with van der Waals surface area (Å²) in [6.45, 7) is 4.47. The fourth-order valence-electron chi connectivity index (χ4n) is 2.77. The molecule has 2 heterocycles. The van der Waals surface area contributed by atoms with Crippen LogP contribution in [0.1, 0.15) is 31.9 Å². The molecule has 2 aromatic rings. The van der Waals surface area contributed by atoms with E-state index in [2.05, 4.69) is 37.4 Å². The Balaban J connectivity index is 2.00. The Bertz CT molecular complexity index is 469. The molecule has 1 N–H and O–H groups in total. The predicted molar refractivity (Wildman–Crippen MR) is 65.6 cm³/mol. The minimum absolute atomic E-state index is 0.510. The zero-order valence-corrected chi connectivity index (χ0v) is 9.73. The highest BCUT2D eigenvalue weighted by molar-refractivity contribution is 5.77. The van der Waals surface area contributed by atoms with Gasteiger partial charge in [0.25, 0.3) is 0 Å². The highest BCUT2D eigenvalue weighted by Crippen LogP contribution is 2.33. The van der Waals surface area contributed by atoms with Gasteiger partial charge in [0.15, 0.2) is 0 Å². The summed E-state index contributed by atoms with van der Waals surface area (Å²) in [6.07, 6.45) is 1.17. The quantitative estimate of drug-likeness (QED) is 0.789. The van der Waals surface area contributed by atoms with Gasteiger partial charge in [-0.3, -0.25) is 0 Å². The largest absolute Gasteiger partial charge is 0.461 e. The first-order valence-electron chi connectivity index (χ1n) is 5.98. The van der Waals surface area contributed by atoms with Crippen LogP contribution in [0.4, 0.5) is 0 Å². The van der Waals surface area contributed by atoms with Gasteiger partial charge in [0.2, 0.25) is 0 Å². The van der Waals surface area contributed by atoms with E-state index in [4.69, 9.17) is 4.42 Å². The molecule has 1 aromatic heterocycles. The molecule has 3 rings (SSSR count). The molecule has 0 radical (unpaired) electrons. The number of para-hydroxylation sites is 1. The van der Waals surface area contributed by atoms with Crippen molar-refractivity contribution in [2.24, 2.45) is 0 Å². The maximum Gasteiger partial charge on any atom is 0.134 e. The Morgan fingerprint density at radius 3 is 2.75 bits per heavy atom. The van der Waals surface area contributed by atoms with E-state index >= 15 is 0 Å². The van der Waals surface area contributed by atoms with Crippen LogP contribution in [-0.4, -0.2) is 12.1 Å². The third-order valence-electron chi connectivity index (χ3n) is 3.57. The van der Waals surface area contributed by atoms with E-state index in [1.165, 1.54) is 11.8 Å². The van der Waals surface area contributed by atoms with Crippen LogP contribution in [0.5, 0.6) is 0 Å². The van der Waals surface area contributed by atoms with Crippen LogP contribution in [0.25, 0.3) is 11.0 Å². The number of benzene rings is 1. The standard InChI is InChI=1S/C14H17NO/c1-9-7-12(10(2)15-9)14-8-11-5-3-4-6-13(11)16-14/h3-6,8-10,12,15H,7H2,1-2H3. The molecule has 1 fully saturated rings. The second kappa shape index (κ2) is 3.63. The zero-order chi connectivity index (χ0) is 11.1. The molecular formula is C14H17NO. The molecule has 0 amide bonds. The number of hydrogen-bond acceptors (Lipinski definition) is 2. The van der Waals surface area contributed by atoms with Crippen molar-refractivity contribution in [3.63, 3.8) is 0 Å². The van der Waals surface area contributed by atoms with Crippen LogP contribution in [0.15, 0.2) is 34.7 Å². The molecule has 0 bridgehead atoms. The van der Waals surface area contributed by atoms with Crippen molar-refractivity contribution < 1.29 is 4.42 Å². The Morgan fingerprint density at radius 1 is 1.25 bits per heavy atom. The van der Waals surface area contributed by atoms with Crippen molar-refractivity contribution in [1.82, 2.24) is 5.32 Å². The fraction of sp³-hybridized carbons (Fsp3) is 0.429. The van der Waals surface area contributed by atoms with Gasteiger partial charge in [-0.25, -0.2) is 0 Å². The van der Waals surface area contributed by atoms with Crippen LogP contribution < -0.4 is 5.32 Å². The van der Waals surface area contributed by atoms with Crippen LogP contribution in [-0.2, 0) is 0 Å². The lowest BCUT2D eigenvalue weighted by Gasteiger charge is -2.11. The molecule has 0 aliphatic carbocycles. The molecule has 16 heavy (non-hydrogen) atoms. The minimum atomic E-state index is 0.510. The van der Waals surface area contributed by atoms with Gasteiger partial charge in [0.05, 0.1) is 0 Å². The SMILES string of the molecule is CC1CC(c2cc3ccccc3o2)C(C)N1. The van der Waals surface area contributed by atoms with Crippen molar-refractivity contribution in [1.29, 1.82) is 0 Å². The molecule has 1 saturated heterocycles. The first-order valence-corrected chi connectivity index (χ1v) is 5.98. The summed E-state index contributed by atoms with van der Waals surface area (Å²) >= 11 is 0. The topological polar surface area (TPSA) is 25.2 Å². The summed E-state index contributed by atoms with van der Waals surface area (Å²) < 4.78 is 5.93. The Morgan fingerprint density at radius 2 is 2.06 bits per heavy atom. The lowest BCUT2D eigenvalue weighted by Crippen LogP contribution is -2.25. The van der Waals surface area contributed by atoms with Gasteiger partial charge in [-0.1, -0.05) is 18.2 Å². The normalized spacial score (nSPS) is 30.0. The summed E-state index contributed by atoms with van der Waals surface area (Å²) in [5.74, 6) is 1.65. The summed E-state index contributed by atoms with van der Waals surface area (Å²) in [4.78, 5) is 0. The molecular weight excluding hydrogens is 198 g/mol. The average Bonchev–Trinajstić information content (AvgIpc) is 2.81. The lowest BCUT2D eigenvalue weighted by molar-refractivity contribution is 0.465. The first kappa shape index (κ1) is 9.91. The van der Waals surface area contributed by atoms with Gasteiger partial charge >= 0.3 is 0 Å². The van der Waals surface area contributed by atoms with Gasteiger partial charge in [-0.2, -0.15) is 0 Å². The van der Waals surface area contributed by atoms with E-state index in [1.807, 2.05) is 12.1 Å². The highest BCUT2D eigenvalue weighted by Gasteiger charge is 2.31. The van der Waals surface area contributed by atoms with Gasteiger partial charge in [0, 0.05) is 23.4 Å². The lowest BCUT2D eigenvalue weighted by atomic mass is 9.97. The summed E-state index contributed by atoms with van der Waals surface area (Å²) in [6, 6.07) is 11.5. The highest BCUT2D eigenvalue weighted by atomic mass is 16.3. The Kier molecular flexibility index (Phi) is 2.25. The Labute approximate surface area is 95.6 Å². The molecule has 84 valence electrons. The zero-order valence-electron chi connectivity index (χ0n) is 9.73. The molecule has 3 atom stereocenters. The van der Waals surface area contributed by atoms with Gasteiger partial charge < -0.3 is 9.73 Å². The molecule has 0 spiro atoms. The number of hydrogen-bond donors (Lipinski definition) is 1. The maximum atomic E-state index is 5.93. The summed E-state index contributed by atoms with van der Waals surface area (Å²) in [5.41, 5.74) is 1.00. The number of rotatable bonds is 1. The molecule has 1 aromatic carbocycles. The van der Waals surface area contributed by atoms with Crippen molar-refractivity contribution in [3.05, 3.63) is 36.1 Å².